The summed E-state index contributed by atoms with van der Waals surface area (Å²) in [7, 11) is 0. The van der Waals surface area contributed by atoms with E-state index in [4.69, 9.17) is 0 Å². The molecule has 2 rings (SSSR count). The first kappa shape index (κ1) is 17.6. The van der Waals surface area contributed by atoms with Gasteiger partial charge in [0.05, 0.1) is 11.3 Å². The summed E-state index contributed by atoms with van der Waals surface area (Å²) in [5.74, 6) is -0.752. The topological polar surface area (TPSA) is 92.2 Å². The molecular formula is C18H21N3O3. The van der Waals surface area contributed by atoms with Gasteiger partial charge in [0.1, 0.15) is 11.2 Å². The van der Waals surface area contributed by atoms with Gasteiger partial charge in [-0.1, -0.05) is 37.3 Å². The molecule has 6 nitrogen and oxygen atoms in total. The zero-order valence-corrected chi connectivity index (χ0v) is 14.0. The standard InChI is InChI=1S/C18H21N3O3/c1-4-18(17(23)24,14-8-6-5-7-9-14)11-20-16(22)15-10-19-13(3)21-12(15)2/h5-10H,4,11H2,1-3H3,(H,20,22)(H,23,24). The molecule has 0 bridgehead atoms. The number of carboxylic acid groups (broad SMARTS) is 1. The number of carbonyl (C=O) groups excluding carboxylic acids is 1. The van der Waals surface area contributed by atoms with E-state index in [2.05, 4.69) is 15.3 Å². The lowest BCUT2D eigenvalue weighted by Crippen LogP contribution is -2.46. The first-order chi connectivity index (χ1) is 11.4. The molecule has 2 N–H and O–H groups in total. The summed E-state index contributed by atoms with van der Waals surface area (Å²) in [6, 6.07) is 8.95. The molecule has 24 heavy (non-hydrogen) atoms. The van der Waals surface area contributed by atoms with Crippen LogP contribution in [-0.2, 0) is 10.2 Å². The van der Waals surface area contributed by atoms with Gasteiger partial charge in [0, 0.05) is 12.7 Å². The first-order valence-corrected chi connectivity index (χ1v) is 7.78. The molecule has 6 heteroatoms. The van der Waals surface area contributed by atoms with Crippen molar-refractivity contribution in [2.45, 2.75) is 32.6 Å². The number of carboxylic acids is 1. The lowest BCUT2D eigenvalue weighted by atomic mass is 9.78. The van der Waals surface area contributed by atoms with Crippen LogP contribution in [0.2, 0.25) is 0 Å². The minimum absolute atomic E-state index is 0.00496. The minimum atomic E-state index is -1.17. The van der Waals surface area contributed by atoms with Gasteiger partial charge in [-0.05, 0) is 25.8 Å². The summed E-state index contributed by atoms with van der Waals surface area (Å²) >= 11 is 0. The normalized spacial score (nSPS) is 13.1. The van der Waals surface area contributed by atoms with Crippen LogP contribution in [0.3, 0.4) is 0 Å². The van der Waals surface area contributed by atoms with Crippen LogP contribution < -0.4 is 5.32 Å². The van der Waals surface area contributed by atoms with Crippen molar-refractivity contribution in [1.29, 1.82) is 0 Å². The molecule has 0 aliphatic carbocycles. The highest BCUT2D eigenvalue weighted by atomic mass is 16.4. The quantitative estimate of drug-likeness (QED) is 0.849. The Kier molecular flexibility index (Phi) is 5.28. The number of aromatic nitrogens is 2. The van der Waals surface area contributed by atoms with Crippen LogP contribution in [0.4, 0.5) is 0 Å². The fraction of sp³-hybridized carbons (Fsp3) is 0.333. The maximum Gasteiger partial charge on any atom is 0.315 e. The van der Waals surface area contributed by atoms with Gasteiger partial charge < -0.3 is 10.4 Å². The molecule has 0 spiro atoms. The van der Waals surface area contributed by atoms with Gasteiger partial charge in [0.25, 0.3) is 5.91 Å². The summed E-state index contributed by atoms with van der Waals surface area (Å²) in [5.41, 5.74) is 0.412. The molecule has 2 aromatic rings. The van der Waals surface area contributed by atoms with Gasteiger partial charge in [0.2, 0.25) is 0 Å². The van der Waals surface area contributed by atoms with Gasteiger partial charge >= 0.3 is 5.97 Å². The van der Waals surface area contributed by atoms with Gasteiger partial charge in [-0.25, -0.2) is 9.97 Å². The van der Waals surface area contributed by atoms with Crippen molar-refractivity contribution in [2.75, 3.05) is 6.54 Å². The number of rotatable bonds is 6. The van der Waals surface area contributed by atoms with E-state index >= 15 is 0 Å². The highest BCUT2D eigenvalue weighted by molar-refractivity contribution is 5.95. The van der Waals surface area contributed by atoms with Crippen LogP contribution in [0.1, 0.15) is 40.8 Å². The van der Waals surface area contributed by atoms with E-state index in [0.29, 0.717) is 29.1 Å². The third-order valence-electron chi connectivity index (χ3n) is 4.23. The van der Waals surface area contributed by atoms with Crippen molar-refractivity contribution < 1.29 is 14.7 Å². The molecule has 1 amide bonds. The van der Waals surface area contributed by atoms with Crippen molar-refractivity contribution in [2.24, 2.45) is 0 Å². The Labute approximate surface area is 141 Å². The number of hydrogen-bond acceptors (Lipinski definition) is 4. The van der Waals surface area contributed by atoms with E-state index < -0.39 is 11.4 Å². The third-order valence-corrected chi connectivity index (χ3v) is 4.23. The molecule has 1 aromatic carbocycles. The smallest absolute Gasteiger partial charge is 0.315 e. The SMILES string of the molecule is CCC(CNC(=O)c1cnc(C)nc1C)(C(=O)O)c1ccccc1. The molecule has 1 atom stereocenters. The zero-order chi connectivity index (χ0) is 17.7. The molecular weight excluding hydrogens is 306 g/mol. The minimum Gasteiger partial charge on any atom is -0.481 e. The molecule has 0 saturated heterocycles. The van der Waals surface area contributed by atoms with E-state index in [1.807, 2.05) is 6.07 Å². The van der Waals surface area contributed by atoms with E-state index in [0.717, 1.165) is 0 Å². The maximum absolute atomic E-state index is 12.4. The number of carbonyl (C=O) groups is 2. The van der Waals surface area contributed by atoms with Crippen LogP contribution in [0, 0.1) is 13.8 Å². The molecule has 1 aromatic heterocycles. The highest BCUT2D eigenvalue weighted by Gasteiger charge is 2.39. The molecule has 1 heterocycles. The number of aryl methyl sites for hydroxylation is 2. The Morgan fingerprint density at radius 3 is 2.42 bits per heavy atom. The molecule has 0 radical (unpaired) electrons. The second-order valence-electron chi connectivity index (χ2n) is 5.71. The molecule has 126 valence electrons. The largest absolute Gasteiger partial charge is 0.481 e. The Hall–Kier alpha value is -2.76. The van der Waals surface area contributed by atoms with Crippen molar-refractivity contribution >= 4 is 11.9 Å². The van der Waals surface area contributed by atoms with Crippen molar-refractivity contribution in [3.8, 4) is 0 Å². The van der Waals surface area contributed by atoms with Crippen molar-refractivity contribution in [3.63, 3.8) is 0 Å². The fourth-order valence-electron chi connectivity index (χ4n) is 2.67. The molecule has 0 aliphatic rings. The predicted octanol–water partition coefficient (Wildman–Crippen LogP) is 2.26. The molecule has 0 aliphatic heterocycles. The average molecular weight is 327 g/mol. The van der Waals surface area contributed by atoms with Gasteiger partial charge in [0.15, 0.2) is 0 Å². The third kappa shape index (κ3) is 3.42. The summed E-state index contributed by atoms with van der Waals surface area (Å²) in [5, 5.41) is 12.5. The number of nitrogens with zero attached hydrogens (tertiary/aromatic N) is 2. The molecule has 0 fully saturated rings. The summed E-state index contributed by atoms with van der Waals surface area (Å²) in [6.07, 6.45) is 1.82. The lowest BCUT2D eigenvalue weighted by molar-refractivity contribution is -0.143. The Bertz CT molecular complexity index is 746. The Morgan fingerprint density at radius 2 is 1.88 bits per heavy atom. The summed E-state index contributed by atoms with van der Waals surface area (Å²) in [6.45, 7) is 5.27. The van der Waals surface area contributed by atoms with Crippen LogP contribution in [-0.4, -0.2) is 33.5 Å². The van der Waals surface area contributed by atoms with Crippen molar-refractivity contribution in [1.82, 2.24) is 15.3 Å². The van der Waals surface area contributed by atoms with E-state index in [-0.39, 0.29) is 12.5 Å². The first-order valence-electron chi connectivity index (χ1n) is 7.78. The van der Waals surface area contributed by atoms with Crippen LogP contribution in [0.25, 0.3) is 0 Å². The number of benzene rings is 1. The van der Waals surface area contributed by atoms with Crippen LogP contribution in [0.5, 0.6) is 0 Å². The molecule has 0 saturated carbocycles. The number of aliphatic carboxylic acids is 1. The lowest BCUT2D eigenvalue weighted by Gasteiger charge is -2.29. The van der Waals surface area contributed by atoms with Crippen LogP contribution in [0.15, 0.2) is 36.5 Å². The maximum atomic E-state index is 12.4. The van der Waals surface area contributed by atoms with E-state index in [9.17, 15) is 14.7 Å². The average Bonchev–Trinajstić information content (AvgIpc) is 2.56. The number of hydrogen-bond donors (Lipinski definition) is 2. The van der Waals surface area contributed by atoms with E-state index in [1.54, 1.807) is 45.0 Å². The van der Waals surface area contributed by atoms with Gasteiger partial charge in [-0.3, -0.25) is 9.59 Å². The predicted molar refractivity (Wildman–Crippen MR) is 89.9 cm³/mol. The van der Waals surface area contributed by atoms with Gasteiger partial charge in [-0.15, -0.1) is 0 Å². The summed E-state index contributed by atoms with van der Waals surface area (Å²) in [4.78, 5) is 32.5. The van der Waals surface area contributed by atoms with Gasteiger partial charge in [-0.2, -0.15) is 0 Å². The Balaban J connectivity index is 2.25. The second kappa shape index (κ2) is 7.21. The molecule has 1 unspecified atom stereocenters. The van der Waals surface area contributed by atoms with E-state index in [1.165, 1.54) is 6.20 Å². The summed E-state index contributed by atoms with van der Waals surface area (Å²) < 4.78 is 0. The number of amides is 1. The highest BCUT2D eigenvalue weighted by Crippen LogP contribution is 2.28. The number of nitrogens with one attached hydrogen (secondary N) is 1. The zero-order valence-electron chi connectivity index (χ0n) is 14.0. The van der Waals surface area contributed by atoms with Crippen LogP contribution >= 0.6 is 0 Å². The monoisotopic (exact) mass is 327 g/mol. The second-order valence-corrected chi connectivity index (χ2v) is 5.71. The Morgan fingerprint density at radius 1 is 1.21 bits per heavy atom. The van der Waals surface area contributed by atoms with Crippen molar-refractivity contribution in [3.05, 3.63) is 59.2 Å². The fourth-order valence-corrected chi connectivity index (χ4v) is 2.67.